The number of fused-ring (bicyclic) bond motifs is 1. The molecule has 1 aromatic carbocycles. The second-order valence-corrected chi connectivity index (χ2v) is 3.62. The lowest BCUT2D eigenvalue weighted by atomic mass is 10.1. The van der Waals surface area contributed by atoms with Crippen molar-refractivity contribution in [3.05, 3.63) is 28.4 Å². The van der Waals surface area contributed by atoms with Gasteiger partial charge in [0.2, 0.25) is 0 Å². The lowest BCUT2D eigenvalue weighted by Crippen LogP contribution is -1.91. The maximum atomic E-state index is 8.84. The van der Waals surface area contributed by atoms with Crippen LogP contribution in [0.2, 0.25) is 0 Å². The Morgan fingerprint density at radius 3 is 3.08 bits per heavy atom. The molecule has 2 N–H and O–H groups in total. The zero-order valence-corrected chi connectivity index (χ0v) is 8.50. The molecule has 13 heavy (non-hydrogen) atoms. The minimum Gasteiger partial charge on any atom is -0.396 e. The molecule has 1 heterocycles. The molecule has 0 bridgehead atoms. The van der Waals surface area contributed by atoms with Crippen LogP contribution in [0.5, 0.6) is 0 Å². The topological polar surface area (TPSA) is 48.9 Å². The smallest absolute Gasteiger partial charge is 0.108 e. The summed E-state index contributed by atoms with van der Waals surface area (Å²) in [5.41, 5.74) is 2.00. The predicted molar refractivity (Wildman–Crippen MR) is 54.6 cm³/mol. The van der Waals surface area contributed by atoms with Gasteiger partial charge in [-0.05, 0) is 27.9 Å². The number of hydrogen-bond acceptors (Lipinski definition) is 2. The maximum Gasteiger partial charge on any atom is 0.108 e. The molecule has 2 aromatic rings. The van der Waals surface area contributed by atoms with Gasteiger partial charge < -0.3 is 5.11 Å². The van der Waals surface area contributed by atoms with E-state index in [1.807, 2.05) is 18.2 Å². The van der Waals surface area contributed by atoms with Gasteiger partial charge in [0.05, 0.1) is 5.52 Å². The molecule has 1 aromatic heterocycles. The molecule has 0 radical (unpaired) electrons. The van der Waals surface area contributed by atoms with Crippen LogP contribution in [-0.4, -0.2) is 21.9 Å². The Labute approximate surface area is 83.9 Å². The van der Waals surface area contributed by atoms with Crippen LogP contribution in [0.1, 0.15) is 5.56 Å². The maximum absolute atomic E-state index is 8.84. The van der Waals surface area contributed by atoms with Crippen molar-refractivity contribution in [2.24, 2.45) is 0 Å². The van der Waals surface area contributed by atoms with E-state index in [0.29, 0.717) is 6.42 Å². The number of aliphatic hydroxyl groups is 1. The fraction of sp³-hybridized carbons (Fsp3) is 0.222. The van der Waals surface area contributed by atoms with E-state index in [1.54, 1.807) is 0 Å². The molecule has 0 aliphatic rings. The minimum absolute atomic E-state index is 0.156. The van der Waals surface area contributed by atoms with Gasteiger partial charge in [-0.1, -0.05) is 18.2 Å². The van der Waals surface area contributed by atoms with E-state index in [9.17, 15) is 0 Å². The van der Waals surface area contributed by atoms with Crippen LogP contribution in [0.15, 0.2) is 22.8 Å². The third-order valence-electron chi connectivity index (χ3n) is 2.00. The quantitative estimate of drug-likeness (QED) is 0.843. The number of para-hydroxylation sites is 1. The Morgan fingerprint density at radius 2 is 2.31 bits per heavy atom. The van der Waals surface area contributed by atoms with Crippen molar-refractivity contribution in [1.29, 1.82) is 0 Å². The largest absolute Gasteiger partial charge is 0.396 e. The summed E-state index contributed by atoms with van der Waals surface area (Å²) in [6.07, 6.45) is 0.647. The molecular weight excluding hydrogens is 232 g/mol. The lowest BCUT2D eigenvalue weighted by Gasteiger charge is -1.97. The molecule has 0 spiro atoms. The summed E-state index contributed by atoms with van der Waals surface area (Å²) in [6.45, 7) is 0.156. The molecule has 0 amide bonds. The Bertz CT molecular complexity index is 424. The normalized spacial score (nSPS) is 10.9. The van der Waals surface area contributed by atoms with Crippen molar-refractivity contribution in [3.8, 4) is 0 Å². The van der Waals surface area contributed by atoms with Crippen LogP contribution < -0.4 is 0 Å². The predicted octanol–water partition coefficient (Wildman–Crippen LogP) is 1.86. The summed E-state index contributed by atoms with van der Waals surface area (Å²) < 4.78 is 0.891. The Morgan fingerprint density at radius 1 is 1.46 bits per heavy atom. The lowest BCUT2D eigenvalue weighted by molar-refractivity contribution is 0.300. The van der Waals surface area contributed by atoms with Crippen molar-refractivity contribution in [3.63, 3.8) is 0 Å². The monoisotopic (exact) mass is 240 g/mol. The zero-order valence-electron chi connectivity index (χ0n) is 6.92. The van der Waals surface area contributed by atoms with Gasteiger partial charge in [-0.3, -0.25) is 5.10 Å². The first-order chi connectivity index (χ1) is 6.33. The number of H-pyrrole nitrogens is 1. The summed E-state index contributed by atoms with van der Waals surface area (Å²) in [6, 6.07) is 5.93. The van der Waals surface area contributed by atoms with E-state index in [1.165, 1.54) is 0 Å². The second kappa shape index (κ2) is 3.47. The van der Waals surface area contributed by atoms with Crippen molar-refractivity contribution in [2.45, 2.75) is 6.42 Å². The Balaban J connectivity index is 2.63. The first kappa shape index (κ1) is 8.72. The number of aromatic nitrogens is 2. The molecule has 2 rings (SSSR count). The average Bonchev–Trinajstić information content (AvgIpc) is 2.50. The molecule has 4 heteroatoms. The molecule has 0 saturated carbocycles. The highest BCUT2D eigenvalue weighted by Crippen LogP contribution is 2.23. The molecule has 0 atom stereocenters. The van der Waals surface area contributed by atoms with Crippen LogP contribution in [0.3, 0.4) is 0 Å². The average molecular weight is 241 g/mol. The number of halogens is 1. The van der Waals surface area contributed by atoms with Gasteiger partial charge in [0, 0.05) is 12.0 Å². The first-order valence-corrected chi connectivity index (χ1v) is 4.84. The number of rotatable bonds is 2. The van der Waals surface area contributed by atoms with Crippen molar-refractivity contribution >= 4 is 26.8 Å². The molecule has 0 aliphatic heterocycles. The van der Waals surface area contributed by atoms with Gasteiger partial charge in [0.1, 0.15) is 4.60 Å². The van der Waals surface area contributed by atoms with Crippen LogP contribution >= 0.6 is 15.9 Å². The van der Waals surface area contributed by atoms with E-state index in [4.69, 9.17) is 5.11 Å². The Kier molecular flexibility index (Phi) is 2.33. The molecule has 0 aliphatic carbocycles. The third-order valence-corrected chi connectivity index (χ3v) is 2.61. The first-order valence-electron chi connectivity index (χ1n) is 4.05. The fourth-order valence-electron chi connectivity index (χ4n) is 1.39. The Hall–Kier alpha value is -0.870. The number of hydrogen-bond donors (Lipinski definition) is 2. The van der Waals surface area contributed by atoms with Crippen LogP contribution in [0.4, 0.5) is 0 Å². The van der Waals surface area contributed by atoms with Crippen molar-refractivity contribution < 1.29 is 5.11 Å². The van der Waals surface area contributed by atoms with E-state index in [-0.39, 0.29) is 6.61 Å². The van der Waals surface area contributed by atoms with Crippen LogP contribution in [0, 0.1) is 0 Å². The van der Waals surface area contributed by atoms with E-state index < -0.39 is 0 Å². The number of nitrogens with one attached hydrogen (secondary N) is 1. The molecule has 0 saturated heterocycles. The molecule has 3 nitrogen and oxygen atoms in total. The van der Waals surface area contributed by atoms with Gasteiger partial charge in [-0.2, -0.15) is 5.10 Å². The highest BCUT2D eigenvalue weighted by atomic mass is 79.9. The second-order valence-electron chi connectivity index (χ2n) is 2.82. The number of aliphatic hydroxyl groups excluding tert-OH is 1. The third kappa shape index (κ3) is 1.47. The van der Waals surface area contributed by atoms with Gasteiger partial charge >= 0.3 is 0 Å². The molecule has 0 unspecified atom stereocenters. The van der Waals surface area contributed by atoms with E-state index in [0.717, 1.165) is 21.1 Å². The zero-order chi connectivity index (χ0) is 9.26. The van der Waals surface area contributed by atoms with Gasteiger partial charge in [-0.25, -0.2) is 0 Å². The number of aromatic amines is 1. The highest BCUT2D eigenvalue weighted by Gasteiger charge is 2.05. The number of benzene rings is 1. The summed E-state index contributed by atoms with van der Waals surface area (Å²) in [5.74, 6) is 0. The molecule has 68 valence electrons. The number of nitrogens with zero attached hydrogens (tertiary/aromatic N) is 1. The summed E-state index contributed by atoms with van der Waals surface area (Å²) in [7, 11) is 0. The summed E-state index contributed by atoms with van der Waals surface area (Å²) in [5, 5.41) is 16.9. The van der Waals surface area contributed by atoms with Crippen molar-refractivity contribution in [1.82, 2.24) is 10.2 Å². The van der Waals surface area contributed by atoms with Crippen molar-refractivity contribution in [2.75, 3.05) is 6.61 Å². The SMILES string of the molecule is OCCc1cccc2c(Br)[nH]nc12. The molecular formula is C9H9BrN2O. The molecule has 0 fully saturated rings. The van der Waals surface area contributed by atoms with Gasteiger partial charge in [0.15, 0.2) is 0 Å². The highest BCUT2D eigenvalue weighted by molar-refractivity contribution is 9.10. The van der Waals surface area contributed by atoms with Gasteiger partial charge in [0.25, 0.3) is 0 Å². The fourth-order valence-corrected chi connectivity index (χ4v) is 1.80. The standard InChI is InChI=1S/C9H9BrN2O/c10-9-7-3-1-2-6(4-5-13)8(7)11-12-9/h1-3,13H,4-5H2,(H,11,12). The summed E-state index contributed by atoms with van der Waals surface area (Å²) >= 11 is 3.37. The van der Waals surface area contributed by atoms with Crippen LogP contribution in [-0.2, 0) is 6.42 Å². The minimum atomic E-state index is 0.156. The van der Waals surface area contributed by atoms with Crippen LogP contribution in [0.25, 0.3) is 10.9 Å². The van der Waals surface area contributed by atoms with Gasteiger partial charge in [-0.15, -0.1) is 0 Å². The van der Waals surface area contributed by atoms with E-state index in [2.05, 4.69) is 26.1 Å². The van der Waals surface area contributed by atoms with E-state index >= 15 is 0 Å². The summed E-state index contributed by atoms with van der Waals surface area (Å²) in [4.78, 5) is 0.